The van der Waals surface area contributed by atoms with Crippen LogP contribution in [0.4, 0.5) is 0 Å². The highest BCUT2D eigenvalue weighted by Crippen LogP contribution is 2.30. The van der Waals surface area contributed by atoms with E-state index in [0.717, 1.165) is 42.8 Å². The highest BCUT2D eigenvalue weighted by atomic mass is 16.3. The minimum atomic E-state index is -0.0413. The monoisotopic (exact) mass is 431 g/mol. The van der Waals surface area contributed by atoms with Crippen LogP contribution in [-0.2, 0) is 4.79 Å². The Morgan fingerprint density at radius 3 is 2.59 bits per heavy atom. The molecule has 0 bridgehead atoms. The van der Waals surface area contributed by atoms with E-state index in [4.69, 9.17) is 4.98 Å². The molecular weight excluding hydrogens is 402 g/mol. The summed E-state index contributed by atoms with van der Waals surface area (Å²) >= 11 is 0. The van der Waals surface area contributed by atoms with Gasteiger partial charge in [-0.3, -0.25) is 14.6 Å². The van der Waals surface area contributed by atoms with Crippen molar-refractivity contribution in [3.8, 4) is 5.75 Å². The van der Waals surface area contributed by atoms with Gasteiger partial charge in [0, 0.05) is 43.9 Å². The molecule has 6 nitrogen and oxygen atoms in total. The molecule has 2 amide bonds. The quantitative estimate of drug-likeness (QED) is 0.588. The van der Waals surface area contributed by atoms with Crippen molar-refractivity contribution in [2.75, 3.05) is 26.2 Å². The number of piperidine rings is 1. The van der Waals surface area contributed by atoms with Gasteiger partial charge in [-0.05, 0) is 62.1 Å². The maximum absolute atomic E-state index is 13.2. The summed E-state index contributed by atoms with van der Waals surface area (Å²) in [5.74, 6) is 0.343. The van der Waals surface area contributed by atoms with Gasteiger partial charge >= 0.3 is 0 Å². The Morgan fingerprint density at radius 2 is 1.88 bits per heavy atom. The van der Waals surface area contributed by atoms with Crippen LogP contribution in [0.15, 0.2) is 54.6 Å². The zero-order chi connectivity index (χ0) is 22.5. The highest BCUT2D eigenvalue weighted by Gasteiger charge is 2.28. The first-order chi connectivity index (χ1) is 15.5. The lowest BCUT2D eigenvalue weighted by Crippen LogP contribution is -2.38. The van der Waals surface area contributed by atoms with Gasteiger partial charge in [-0.15, -0.1) is 0 Å². The van der Waals surface area contributed by atoms with E-state index in [9.17, 15) is 14.7 Å². The number of likely N-dealkylation sites (tertiary alicyclic amines) is 1. The van der Waals surface area contributed by atoms with Crippen LogP contribution in [-0.4, -0.2) is 57.9 Å². The summed E-state index contributed by atoms with van der Waals surface area (Å²) in [6, 6.07) is 10.6. The first-order valence-corrected chi connectivity index (χ1v) is 11.2. The van der Waals surface area contributed by atoms with Crippen LogP contribution in [0.3, 0.4) is 0 Å². The largest absolute Gasteiger partial charge is 0.508 e. The number of amides is 2. The number of carbonyl (C=O) groups is 2. The molecule has 3 heterocycles. The average Bonchev–Trinajstić information content (AvgIpc) is 2.83. The van der Waals surface area contributed by atoms with Crippen LogP contribution in [0.2, 0.25) is 0 Å². The Kier molecular flexibility index (Phi) is 6.69. The fourth-order valence-corrected chi connectivity index (χ4v) is 4.34. The number of benzene rings is 1. The maximum atomic E-state index is 13.2. The standard InChI is InChI=1S/C26H29N3O3/c1-19-8-10-23(26(32)29-14-3-2-4-15-29)25(27-19)21-12-16-28(17-13-21)24(31)11-9-20-6-5-7-22(30)18-20/h2-3,5-11,18,21,30H,4,12-17H2,1H3. The molecule has 0 spiro atoms. The Labute approximate surface area is 188 Å². The smallest absolute Gasteiger partial charge is 0.256 e. The zero-order valence-electron chi connectivity index (χ0n) is 18.4. The molecule has 4 rings (SSSR count). The van der Waals surface area contributed by atoms with Gasteiger partial charge in [0.1, 0.15) is 5.75 Å². The fraction of sp³-hybridized carbons (Fsp3) is 0.346. The minimum absolute atomic E-state index is 0.0413. The van der Waals surface area contributed by atoms with Crippen LogP contribution >= 0.6 is 0 Å². The van der Waals surface area contributed by atoms with E-state index in [-0.39, 0.29) is 23.5 Å². The summed E-state index contributed by atoms with van der Waals surface area (Å²) in [7, 11) is 0. The number of aryl methyl sites for hydroxylation is 1. The van der Waals surface area contributed by atoms with Gasteiger partial charge < -0.3 is 14.9 Å². The second-order valence-electron chi connectivity index (χ2n) is 8.42. The van der Waals surface area contributed by atoms with Crippen molar-refractivity contribution < 1.29 is 14.7 Å². The van der Waals surface area contributed by atoms with Crippen molar-refractivity contribution in [2.45, 2.75) is 32.1 Å². The minimum Gasteiger partial charge on any atom is -0.508 e. The topological polar surface area (TPSA) is 73.7 Å². The zero-order valence-corrected chi connectivity index (χ0v) is 18.4. The molecule has 0 atom stereocenters. The Bertz CT molecular complexity index is 1050. The molecule has 0 aliphatic carbocycles. The van der Waals surface area contributed by atoms with Gasteiger partial charge in [0.25, 0.3) is 5.91 Å². The van der Waals surface area contributed by atoms with Crippen LogP contribution in [0.1, 0.15) is 52.5 Å². The molecular formula is C26H29N3O3. The molecule has 1 N–H and O–H groups in total. The molecule has 166 valence electrons. The number of carbonyl (C=O) groups excluding carboxylic acids is 2. The number of nitrogens with zero attached hydrogens (tertiary/aromatic N) is 3. The first-order valence-electron chi connectivity index (χ1n) is 11.2. The number of phenolic OH excluding ortho intramolecular Hbond substituents is 1. The van der Waals surface area contributed by atoms with Crippen molar-refractivity contribution in [2.24, 2.45) is 0 Å². The number of rotatable bonds is 4. The third kappa shape index (κ3) is 5.07. The van der Waals surface area contributed by atoms with E-state index in [0.29, 0.717) is 25.2 Å². The lowest BCUT2D eigenvalue weighted by Gasteiger charge is -2.32. The van der Waals surface area contributed by atoms with Crippen molar-refractivity contribution in [1.82, 2.24) is 14.8 Å². The second kappa shape index (κ2) is 9.81. The Balaban J connectivity index is 1.42. The third-order valence-electron chi connectivity index (χ3n) is 6.12. The molecule has 0 radical (unpaired) electrons. The van der Waals surface area contributed by atoms with Gasteiger partial charge in [-0.2, -0.15) is 0 Å². The summed E-state index contributed by atoms with van der Waals surface area (Å²) in [5, 5.41) is 9.56. The van der Waals surface area contributed by atoms with E-state index < -0.39 is 0 Å². The van der Waals surface area contributed by atoms with E-state index in [1.54, 1.807) is 30.4 Å². The predicted molar refractivity (Wildman–Crippen MR) is 124 cm³/mol. The van der Waals surface area contributed by atoms with Crippen molar-refractivity contribution >= 4 is 17.9 Å². The molecule has 32 heavy (non-hydrogen) atoms. The van der Waals surface area contributed by atoms with Crippen LogP contribution in [0, 0.1) is 6.92 Å². The van der Waals surface area contributed by atoms with Gasteiger partial charge in [0.05, 0.1) is 11.3 Å². The second-order valence-corrected chi connectivity index (χ2v) is 8.42. The summed E-state index contributed by atoms with van der Waals surface area (Å²) in [6.45, 7) is 4.59. The lowest BCUT2D eigenvalue weighted by molar-refractivity contribution is -0.127. The average molecular weight is 432 g/mol. The normalized spacial score (nSPS) is 17.2. The number of phenols is 1. The lowest BCUT2D eigenvalue weighted by atomic mass is 9.89. The van der Waals surface area contributed by atoms with E-state index in [1.807, 2.05) is 41.0 Å². The molecule has 1 aromatic carbocycles. The molecule has 0 unspecified atom stereocenters. The summed E-state index contributed by atoms with van der Waals surface area (Å²) in [5.41, 5.74) is 3.25. The van der Waals surface area contributed by atoms with Crippen LogP contribution in [0.25, 0.3) is 6.08 Å². The Morgan fingerprint density at radius 1 is 1.06 bits per heavy atom. The van der Waals surface area contributed by atoms with Gasteiger partial charge in [0.15, 0.2) is 0 Å². The summed E-state index contributed by atoms with van der Waals surface area (Å²) in [6.07, 6.45) is 9.87. The molecule has 2 aromatic rings. The van der Waals surface area contributed by atoms with Crippen molar-refractivity contribution in [1.29, 1.82) is 0 Å². The number of hydrogen-bond donors (Lipinski definition) is 1. The van der Waals surface area contributed by atoms with Crippen LogP contribution < -0.4 is 0 Å². The van der Waals surface area contributed by atoms with Crippen molar-refractivity contribution in [3.63, 3.8) is 0 Å². The van der Waals surface area contributed by atoms with E-state index >= 15 is 0 Å². The SMILES string of the molecule is Cc1ccc(C(=O)N2CC=CCC2)c(C2CCN(C(=O)C=Cc3cccc(O)c3)CC2)n1. The molecule has 2 aliphatic heterocycles. The van der Waals surface area contributed by atoms with E-state index in [2.05, 4.69) is 6.08 Å². The predicted octanol–water partition coefficient (Wildman–Crippen LogP) is 3.92. The highest BCUT2D eigenvalue weighted by molar-refractivity contribution is 5.96. The van der Waals surface area contributed by atoms with Gasteiger partial charge in [-0.25, -0.2) is 0 Å². The number of pyridine rings is 1. The molecule has 2 aliphatic rings. The third-order valence-corrected chi connectivity index (χ3v) is 6.12. The summed E-state index contributed by atoms with van der Waals surface area (Å²) in [4.78, 5) is 34.3. The number of aromatic nitrogens is 1. The first kappa shape index (κ1) is 21.8. The number of aromatic hydroxyl groups is 1. The molecule has 1 fully saturated rings. The van der Waals surface area contributed by atoms with Crippen LogP contribution in [0.5, 0.6) is 5.75 Å². The number of hydrogen-bond acceptors (Lipinski definition) is 4. The molecule has 6 heteroatoms. The molecule has 1 aromatic heterocycles. The van der Waals surface area contributed by atoms with Gasteiger partial charge in [-0.1, -0.05) is 24.3 Å². The van der Waals surface area contributed by atoms with Crippen molar-refractivity contribution in [3.05, 3.63) is 77.1 Å². The Hall–Kier alpha value is -3.41. The molecule has 1 saturated heterocycles. The fourth-order valence-electron chi connectivity index (χ4n) is 4.34. The van der Waals surface area contributed by atoms with Gasteiger partial charge in [0.2, 0.25) is 5.91 Å². The molecule has 0 saturated carbocycles. The maximum Gasteiger partial charge on any atom is 0.256 e. The summed E-state index contributed by atoms with van der Waals surface area (Å²) < 4.78 is 0. The van der Waals surface area contributed by atoms with E-state index in [1.165, 1.54) is 0 Å².